The fourth-order valence-electron chi connectivity index (χ4n) is 4.23. The number of nitrogens with zero attached hydrogens (tertiary/aromatic N) is 3. The molecule has 5 nitrogen and oxygen atoms in total. The van der Waals surface area contributed by atoms with E-state index < -0.39 is 10.0 Å². The molecule has 0 radical (unpaired) electrons. The number of pyridine rings is 1. The number of hydrogen-bond acceptors (Lipinski definition) is 4. The summed E-state index contributed by atoms with van der Waals surface area (Å²) in [5, 5.41) is 0.861. The Morgan fingerprint density at radius 1 is 1.00 bits per heavy atom. The maximum absolute atomic E-state index is 13.4. The van der Waals surface area contributed by atoms with E-state index in [2.05, 4.69) is 41.1 Å². The third-order valence-corrected chi connectivity index (χ3v) is 7.64. The van der Waals surface area contributed by atoms with Gasteiger partial charge in [0.05, 0.1) is 5.52 Å². The molecule has 4 rings (SSSR count). The molecule has 1 aliphatic rings. The van der Waals surface area contributed by atoms with Gasteiger partial charge in [0.25, 0.3) is 0 Å². The van der Waals surface area contributed by atoms with Crippen molar-refractivity contribution < 1.29 is 8.42 Å². The fraction of sp³-hybridized carbons (Fsp3) is 0.348. The first-order valence-corrected chi connectivity index (χ1v) is 11.6. The monoisotopic (exact) mass is 409 g/mol. The van der Waals surface area contributed by atoms with Gasteiger partial charge >= 0.3 is 0 Å². The molecule has 152 valence electrons. The van der Waals surface area contributed by atoms with Crippen LogP contribution in [0.25, 0.3) is 10.9 Å². The third-order valence-electron chi connectivity index (χ3n) is 5.71. The van der Waals surface area contributed by atoms with Crippen molar-refractivity contribution in [3.63, 3.8) is 0 Å². The molecular formula is C23H27N3O2S. The predicted octanol–water partition coefficient (Wildman–Crippen LogP) is 4.00. The molecule has 1 fully saturated rings. The van der Waals surface area contributed by atoms with Gasteiger partial charge < -0.3 is 0 Å². The van der Waals surface area contributed by atoms with Crippen molar-refractivity contribution in [1.29, 1.82) is 0 Å². The minimum Gasteiger partial charge on any atom is -0.294 e. The van der Waals surface area contributed by atoms with Crippen molar-refractivity contribution in [2.45, 2.75) is 31.2 Å². The number of benzene rings is 2. The second-order valence-corrected chi connectivity index (χ2v) is 9.52. The summed E-state index contributed by atoms with van der Waals surface area (Å²) < 4.78 is 28.3. The highest BCUT2D eigenvalue weighted by Crippen LogP contribution is 2.29. The summed E-state index contributed by atoms with van der Waals surface area (Å²) in [5.41, 5.74) is 2.86. The summed E-state index contributed by atoms with van der Waals surface area (Å²) in [6, 6.07) is 18.1. The van der Waals surface area contributed by atoms with Gasteiger partial charge in [-0.2, -0.15) is 4.31 Å². The van der Waals surface area contributed by atoms with Crippen molar-refractivity contribution >= 4 is 20.9 Å². The lowest BCUT2D eigenvalue weighted by atomic mass is 10.0. The van der Waals surface area contributed by atoms with E-state index >= 15 is 0 Å². The van der Waals surface area contributed by atoms with Crippen LogP contribution in [0.5, 0.6) is 0 Å². The molecule has 0 saturated carbocycles. The van der Waals surface area contributed by atoms with E-state index in [1.54, 1.807) is 22.6 Å². The SMILES string of the molecule is CCC(c1ccccc1)N1CCN(S(=O)(=O)c2cccc3cc(C)cnc23)CC1. The molecule has 3 aromatic rings. The molecule has 2 heterocycles. The Hall–Kier alpha value is -2.28. The molecular weight excluding hydrogens is 382 g/mol. The van der Waals surface area contributed by atoms with E-state index in [-0.39, 0.29) is 0 Å². The van der Waals surface area contributed by atoms with Crippen LogP contribution in [0.3, 0.4) is 0 Å². The number of aromatic nitrogens is 1. The number of rotatable bonds is 5. The summed E-state index contributed by atoms with van der Waals surface area (Å²) >= 11 is 0. The lowest BCUT2D eigenvalue weighted by Crippen LogP contribution is -2.49. The van der Waals surface area contributed by atoms with Gasteiger partial charge in [-0.1, -0.05) is 49.4 Å². The van der Waals surface area contributed by atoms with Crippen LogP contribution in [0.15, 0.2) is 65.7 Å². The van der Waals surface area contributed by atoms with Gasteiger partial charge in [0.15, 0.2) is 0 Å². The summed E-state index contributed by atoms with van der Waals surface area (Å²) in [7, 11) is -3.58. The highest BCUT2D eigenvalue weighted by atomic mass is 32.2. The number of para-hydroxylation sites is 1. The van der Waals surface area contributed by atoms with Crippen LogP contribution in [0, 0.1) is 6.92 Å². The van der Waals surface area contributed by atoms with Gasteiger partial charge in [0, 0.05) is 43.8 Å². The van der Waals surface area contributed by atoms with Crippen LogP contribution in [-0.4, -0.2) is 48.8 Å². The first-order chi connectivity index (χ1) is 14.0. The average molecular weight is 410 g/mol. The van der Waals surface area contributed by atoms with Gasteiger partial charge in [0.2, 0.25) is 10.0 Å². The van der Waals surface area contributed by atoms with Crippen molar-refractivity contribution in [2.75, 3.05) is 26.2 Å². The first kappa shape index (κ1) is 20.0. The van der Waals surface area contributed by atoms with Crippen molar-refractivity contribution in [1.82, 2.24) is 14.2 Å². The molecule has 1 saturated heterocycles. The fourth-order valence-corrected chi connectivity index (χ4v) is 5.81. The molecule has 0 bridgehead atoms. The largest absolute Gasteiger partial charge is 0.294 e. The second-order valence-electron chi connectivity index (χ2n) is 7.62. The molecule has 1 aromatic heterocycles. The molecule has 29 heavy (non-hydrogen) atoms. The highest BCUT2D eigenvalue weighted by Gasteiger charge is 2.32. The Bertz CT molecular complexity index is 1090. The van der Waals surface area contributed by atoms with Crippen molar-refractivity contribution in [3.8, 4) is 0 Å². The van der Waals surface area contributed by atoms with Crippen LogP contribution in [0.4, 0.5) is 0 Å². The van der Waals surface area contributed by atoms with E-state index in [9.17, 15) is 8.42 Å². The standard InChI is InChI=1S/C23H27N3O2S/c1-3-21(19-8-5-4-6-9-19)25-12-14-26(15-13-25)29(27,28)22-11-7-10-20-16-18(2)17-24-23(20)22/h4-11,16-17,21H,3,12-15H2,1-2H3. The van der Waals surface area contributed by atoms with Crippen LogP contribution in [-0.2, 0) is 10.0 Å². The summed E-state index contributed by atoms with van der Waals surface area (Å²) in [6.45, 7) is 6.59. The topological polar surface area (TPSA) is 53.5 Å². The van der Waals surface area contributed by atoms with Crippen molar-refractivity contribution in [2.24, 2.45) is 0 Å². The van der Waals surface area contributed by atoms with Gasteiger partial charge in [0.1, 0.15) is 4.90 Å². The van der Waals surface area contributed by atoms with Gasteiger partial charge in [-0.25, -0.2) is 8.42 Å². The zero-order valence-electron chi connectivity index (χ0n) is 17.0. The molecule has 0 aliphatic carbocycles. The summed E-state index contributed by atoms with van der Waals surface area (Å²) in [5.74, 6) is 0. The maximum Gasteiger partial charge on any atom is 0.245 e. The molecule has 1 aliphatic heterocycles. The first-order valence-electron chi connectivity index (χ1n) is 10.1. The Morgan fingerprint density at radius 3 is 2.41 bits per heavy atom. The number of aryl methyl sites for hydroxylation is 1. The lowest BCUT2D eigenvalue weighted by Gasteiger charge is -2.38. The van der Waals surface area contributed by atoms with Crippen LogP contribution in [0.1, 0.15) is 30.5 Å². The molecule has 0 spiro atoms. The number of fused-ring (bicyclic) bond motifs is 1. The normalized spacial score (nSPS) is 17.4. The number of hydrogen-bond donors (Lipinski definition) is 0. The molecule has 0 amide bonds. The maximum atomic E-state index is 13.4. The lowest BCUT2D eigenvalue weighted by molar-refractivity contribution is 0.133. The van der Waals surface area contributed by atoms with Gasteiger partial charge in [-0.3, -0.25) is 9.88 Å². The van der Waals surface area contributed by atoms with E-state index in [0.717, 1.165) is 30.5 Å². The Balaban J connectivity index is 1.55. The van der Waals surface area contributed by atoms with E-state index in [4.69, 9.17) is 0 Å². The van der Waals surface area contributed by atoms with E-state index in [0.29, 0.717) is 29.5 Å². The molecule has 0 N–H and O–H groups in total. The van der Waals surface area contributed by atoms with Crippen LogP contribution >= 0.6 is 0 Å². The highest BCUT2D eigenvalue weighted by molar-refractivity contribution is 7.89. The smallest absolute Gasteiger partial charge is 0.245 e. The van der Waals surface area contributed by atoms with Crippen LogP contribution in [0.2, 0.25) is 0 Å². The Kier molecular flexibility index (Phi) is 5.67. The number of sulfonamides is 1. The zero-order valence-corrected chi connectivity index (χ0v) is 17.8. The number of piperazine rings is 1. The van der Waals surface area contributed by atoms with E-state index in [1.807, 2.05) is 25.1 Å². The summed E-state index contributed by atoms with van der Waals surface area (Å²) in [6.07, 6.45) is 2.73. The van der Waals surface area contributed by atoms with Crippen molar-refractivity contribution in [3.05, 3.63) is 71.9 Å². The minimum absolute atomic E-state index is 0.304. The quantitative estimate of drug-likeness (QED) is 0.639. The van der Waals surface area contributed by atoms with Gasteiger partial charge in [-0.15, -0.1) is 0 Å². The van der Waals surface area contributed by atoms with E-state index in [1.165, 1.54) is 5.56 Å². The summed E-state index contributed by atoms with van der Waals surface area (Å²) in [4.78, 5) is 7.12. The molecule has 2 aromatic carbocycles. The Morgan fingerprint density at radius 2 is 1.72 bits per heavy atom. The predicted molar refractivity (Wildman–Crippen MR) is 116 cm³/mol. The Labute approximate surface area is 173 Å². The zero-order chi connectivity index (χ0) is 20.4. The third kappa shape index (κ3) is 3.92. The molecule has 6 heteroatoms. The van der Waals surface area contributed by atoms with Gasteiger partial charge in [-0.05, 0) is 36.6 Å². The average Bonchev–Trinajstić information content (AvgIpc) is 2.75. The molecule has 1 unspecified atom stereocenters. The molecule has 1 atom stereocenters. The van der Waals surface area contributed by atoms with Crippen LogP contribution < -0.4 is 0 Å². The second kappa shape index (κ2) is 8.22. The minimum atomic E-state index is -3.58.